The second-order valence-electron chi connectivity index (χ2n) is 4.19. The Hall–Kier alpha value is -1.88. The van der Waals surface area contributed by atoms with Crippen molar-refractivity contribution in [3.8, 4) is 0 Å². The Kier molecular flexibility index (Phi) is 3.85. The molecule has 5 heteroatoms. The summed E-state index contributed by atoms with van der Waals surface area (Å²) < 4.78 is 52.8. The first-order valence-corrected chi connectivity index (χ1v) is 5.62. The molecule has 0 heterocycles. The van der Waals surface area contributed by atoms with Gasteiger partial charge in [-0.05, 0) is 36.2 Å². The topological polar surface area (TPSA) is 26.0 Å². The fourth-order valence-electron chi connectivity index (χ4n) is 1.89. The molecule has 0 aromatic heterocycles. The molecule has 2 aromatic carbocycles. The minimum atomic E-state index is -1.02. The zero-order chi connectivity index (χ0) is 14.0. The number of hydrogen-bond donors (Lipinski definition) is 1. The Morgan fingerprint density at radius 2 is 1.47 bits per heavy atom. The van der Waals surface area contributed by atoms with Gasteiger partial charge >= 0.3 is 0 Å². The molecule has 2 rings (SSSR count). The third-order valence-electron chi connectivity index (χ3n) is 2.81. The molecule has 0 bridgehead atoms. The van der Waals surface area contributed by atoms with Crippen molar-refractivity contribution in [2.75, 3.05) is 0 Å². The van der Waals surface area contributed by atoms with Gasteiger partial charge in [0.15, 0.2) is 11.6 Å². The molecule has 0 saturated carbocycles. The molecule has 0 amide bonds. The van der Waals surface area contributed by atoms with Gasteiger partial charge in [0.2, 0.25) is 0 Å². The summed E-state index contributed by atoms with van der Waals surface area (Å²) in [5, 5.41) is 0. The maximum Gasteiger partial charge on any atom is 0.159 e. The normalized spacial score (nSPS) is 12.5. The van der Waals surface area contributed by atoms with E-state index in [4.69, 9.17) is 5.73 Å². The van der Waals surface area contributed by atoms with Gasteiger partial charge in [-0.2, -0.15) is 0 Å². The minimum absolute atomic E-state index is 0.00898. The lowest BCUT2D eigenvalue weighted by molar-refractivity contribution is 0.503. The summed E-state index contributed by atoms with van der Waals surface area (Å²) in [6.07, 6.45) is 0.00898. The Balaban J connectivity index is 2.25. The molecule has 1 unspecified atom stereocenters. The van der Waals surface area contributed by atoms with Crippen LogP contribution in [0.15, 0.2) is 36.4 Å². The molecule has 1 nitrogen and oxygen atoms in total. The van der Waals surface area contributed by atoms with Crippen LogP contribution in [-0.2, 0) is 6.42 Å². The van der Waals surface area contributed by atoms with Gasteiger partial charge in [-0.25, -0.2) is 17.6 Å². The Morgan fingerprint density at radius 1 is 0.842 bits per heavy atom. The van der Waals surface area contributed by atoms with Gasteiger partial charge < -0.3 is 5.73 Å². The quantitative estimate of drug-likeness (QED) is 0.848. The van der Waals surface area contributed by atoms with Gasteiger partial charge in [-0.1, -0.05) is 12.1 Å². The number of benzene rings is 2. The van der Waals surface area contributed by atoms with E-state index < -0.39 is 29.3 Å². The van der Waals surface area contributed by atoms with Crippen LogP contribution in [0, 0.1) is 23.3 Å². The number of halogens is 4. The summed E-state index contributed by atoms with van der Waals surface area (Å²) in [4.78, 5) is 0. The van der Waals surface area contributed by atoms with Crippen LogP contribution in [0.2, 0.25) is 0 Å². The van der Waals surface area contributed by atoms with Crippen molar-refractivity contribution in [2.45, 2.75) is 12.5 Å². The third-order valence-corrected chi connectivity index (χ3v) is 2.81. The number of hydrogen-bond acceptors (Lipinski definition) is 1. The van der Waals surface area contributed by atoms with Gasteiger partial charge in [-0.15, -0.1) is 0 Å². The van der Waals surface area contributed by atoms with Crippen LogP contribution >= 0.6 is 0 Å². The monoisotopic (exact) mass is 269 g/mol. The largest absolute Gasteiger partial charge is 0.323 e. The molecule has 0 radical (unpaired) electrons. The maximum atomic E-state index is 13.5. The van der Waals surface area contributed by atoms with Gasteiger partial charge in [0.05, 0.1) is 0 Å². The van der Waals surface area contributed by atoms with Gasteiger partial charge in [0.1, 0.15) is 11.6 Å². The first-order valence-electron chi connectivity index (χ1n) is 5.62. The van der Waals surface area contributed by atoms with Crippen molar-refractivity contribution in [1.29, 1.82) is 0 Å². The minimum Gasteiger partial charge on any atom is -0.323 e. The zero-order valence-corrected chi connectivity index (χ0v) is 9.84. The lowest BCUT2D eigenvalue weighted by atomic mass is 9.98. The van der Waals surface area contributed by atoms with Crippen molar-refractivity contribution in [3.05, 3.63) is 70.8 Å². The highest BCUT2D eigenvalue weighted by atomic mass is 19.2. The highest BCUT2D eigenvalue weighted by molar-refractivity contribution is 5.26. The van der Waals surface area contributed by atoms with Crippen molar-refractivity contribution in [3.63, 3.8) is 0 Å². The summed E-state index contributed by atoms with van der Waals surface area (Å²) in [6, 6.07) is 5.72. The van der Waals surface area contributed by atoms with Gasteiger partial charge in [0, 0.05) is 11.6 Å². The first kappa shape index (κ1) is 13.5. The highest BCUT2D eigenvalue weighted by Gasteiger charge is 2.17. The lowest BCUT2D eigenvalue weighted by Gasteiger charge is -2.14. The third kappa shape index (κ3) is 2.93. The highest BCUT2D eigenvalue weighted by Crippen LogP contribution is 2.22. The molecular weight excluding hydrogens is 258 g/mol. The standard InChI is InChI=1S/C14H11F4N/c15-9-5-4-8(6-12(9)18)7-13(19)14-10(16)2-1-3-11(14)17/h1-6,13H,7,19H2. The molecule has 2 N–H and O–H groups in total. The molecule has 1 atom stereocenters. The van der Waals surface area contributed by atoms with Crippen molar-refractivity contribution < 1.29 is 17.6 Å². The molecule has 0 aliphatic carbocycles. The molecule has 19 heavy (non-hydrogen) atoms. The molecule has 0 aliphatic rings. The van der Waals surface area contributed by atoms with Gasteiger partial charge in [0.25, 0.3) is 0 Å². The van der Waals surface area contributed by atoms with Crippen LogP contribution in [-0.4, -0.2) is 0 Å². The Morgan fingerprint density at radius 3 is 2.05 bits per heavy atom. The average molecular weight is 269 g/mol. The predicted octanol–water partition coefficient (Wildman–Crippen LogP) is 3.49. The number of rotatable bonds is 3. The summed E-state index contributed by atoms with van der Waals surface area (Å²) in [5.74, 6) is -3.50. The van der Waals surface area contributed by atoms with E-state index in [1.165, 1.54) is 12.1 Å². The van der Waals surface area contributed by atoms with Crippen LogP contribution in [0.4, 0.5) is 17.6 Å². The van der Waals surface area contributed by atoms with Crippen LogP contribution in [0.25, 0.3) is 0 Å². The summed E-state index contributed by atoms with van der Waals surface area (Å²) >= 11 is 0. The Labute approximate surface area is 107 Å². The van der Waals surface area contributed by atoms with Crippen LogP contribution in [0.1, 0.15) is 17.2 Å². The fraction of sp³-hybridized carbons (Fsp3) is 0.143. The van der Waals surface area contributed by atoms with Crippen molar-refractivity contribution in [2.24, 2.45) is 5.73 Å². The molecule has 0 aliphatic heterocycles. The van der Waals surface area contributed by atoms with E-state index in [-0.39, 0.29) is 12.0 Å². The molecule has 2 aromatic rings. The second kappa shape index (κ2) is 5.40. The van der Waals surface area contributed by atoms with Crippen molar-refractivity contribution >= 4 is 0 Å². The summed E-state index contributed by atoms with van der Waals surface area (Å²) in [7, 11) is 0. The summed E-state index contributed by atoms with van der Waals surface area (Å²) in [5.41, 5.74) is 5.83. The molecular formula is C14H11F4N. The molecule has 0 fully saturated rings. The van der Waals surface area contributed by atoms with Gasteiger partial charge in [-0.3, -0.25) is 0 Å². The SMILES string of the molecule is NC(Cc1ccc(F)c(F)c1)c1c(F)cccc1F. The van der Waals surface area contributed by atoms with E-state index in [9.17, 15) is 17.6 Å². The summed E-state index contributed by atoms with van der Waals surface area (Å²) in [6.45, 7) is 0. The molecule has 0 spiro atoms. The van der Waals surface area contributed by atoms with E-state index in [0.29, 0.717) is 5.56 Å². The lowest BCUT2D eigenvalue weighted by Crippen LogP contribution is -2.17. The Bertz CT molecular complexity index is 578. The molecule has 100 valence electrons. The van der Waals surface area contributed by atoms with Crippen LogP contribution in [0.5, 0.6) is 0 Å². The van der Waals surface area contributed by atoms with E-state index in [1.54, 1.807) is 0 Å². The van der Waals surface area contributed by atoms with Crippen molar-refractivity contribution in [1.82, 2.24) is 0 Å². The van der Waals surface area contributed by atoms with E-state index in [0.717, 1.165) is 24.3 Å². The predicted molar refractivity (Wildman–Crippen MR) is 63.3 cm³/mol. The smallest absolute Gasteiger partial charge is 0.159 e. The second-order valence-corrected chi connectivity index (χ2v) is 4.19. The van der Waals surface area contributed by atoms with Crippen LogP contribution < -0.4 is 5.73 Å². The number of nitrogens with two attached hydrogens (primary N) is 1. The van der Waals surface area contributed by atoms with E-state index >= 15 is 0 Å². The van der Waals surface area contributed by atoms with E-state index in [1.807, 2.05) is 0 Å². The fourth-order valence-corrected chi connectivity index (χ4v) is 1.89. The maximum absolute atomic E-state index is 13.5. The molecule has 0 saturated heterocycles. The average Bonchev–Trinajstić information content (AvgIpc) is 2.33. The van der Waals surface area contributed by atoms with E-state index in [2.05, 4.69) is 0 Å². The van der Waals surface area contributed by atoms with Crippen LogP contribution in [0.3, 0.4) is 0 Å². The first-order chi connectivity index (χ1) is 8.99. The zero-order valence-electron chi connectivity index (χ0n) is 9.84.